The number of non-ortho nitro benzene ring substituents is 1. The van der Waals surface area contributed by atoms with Crippen molar-refractivity contribution in [3.05, 3.63) is 62.4 Å². The van der Waals surface area contributed by atoms with Gasteiger partial charge in [-0.25, -0.2) is 4.39 Å². The Hall–Kier alpha value is -1.96. The maximum atomic E-state index is 13.1. The van der Waals surface area contributed by atoms with Crippen molar-refractivity contribution in [2.45, 2.75) is 0 Å². The van der Waals surface area contributed by atoms with Crippen LogP contribution in [0, 0.1) is 15.9 Å². The molecule has 0 atom stereocenters. The summed E-state index contributed by atoms with van der Waals surface area (Å²) in [5.41, 5.74) is 0.617. The van der Waals surface area contributed by atoms with E-state index in [1.54, 1.807) is 0 Å². The number of hydrogen-bond donors (Lipinski definition) is 2. The third kappa shape index (κ3) is 4.03. The summed E-state index contributed by atoms with van der Waals surface area (Å²) in [6, 6.07) is 7.93. The molecular weight excluding hydrogens is 352 g/mol. The Bertz CT molecular complexity index is 758. The van der Waals surface area contributed by atoms with Gasteiger partial charge in [0.15, 0.2) is 5.11 Å². The maximum absolute atomic E-state index is 13.1. The summed E-state index contributed by atoms with van der Waals surface area (Å²) >= 11 is 16.7. The van der Waals surface area contributed by atoms with E-state index in [2.05, 4.69) is 10.6 Å². The zero-order chi connectivity index (χ0) is 16.3. The molecule has 2 rings (SSSR count). The predicted octanol–water partition coefficient (Wildman–Crippen LogP) is 4.85. The first-order chi connectivity index (χ1) is 10.4. The largest absolute Gasteiger partial charge is 0.332 e. The molecule has 2 aromatic rings. The number of nitro benzene ring substituents is 1. The van der Waals surface area contributed by atoms with Gasteiger partial charge in [-0.1, -0.05) is 23.2 Å². The van der Waals surface area contributed by atoms with Gasteiger partial charge in [-0.2, -0.15) is 0 Å². The molecule has 0 bridgehead atoms. The van der Waals surface area contributed by atoms with Gasteiger partial charge < -0.3 is 10.6 Å². The summed E-state index contributed by atoms with van der Waals surface area (Å²) in [4.78, 5) is 10.2. The van der Waals surface area contributed by atoms with Crippen LogP contribution in [0.5, 0.6) is 0 Å². The Morgan fingerprint density at radius 3 is 2.50 bits per heavy atom. The third-order valence-electron chi connectivity index (χ3n) is 2.59. The normalized spacial score (nSPS) is 10.1. The minimum absolute atomic E-state index is 0.0545. The molecule has 22 heavy (non-hydrogen) atoms. The van der Waals surface area contributed by atoms with Gasteiger partial charge in [-0.05, 0) is 36.5 Å². The molecule has 0 aromatic heterocycles. The van der Waals surface area contributed by atoms with Crippen LogP contribution >= 0.6 is 35.4 Å². The number of halogens is 3. The first kappa shape index (κ1) is 16.4. The standard InChI is InChI=1S/C13H8Cl2FN3O2S/c14-9-3-2-8(19(20)21)6-12(9)18-13(22)17-7-1-4-11(16)10(15)5-7/h1-6H,(H2,17,18,22). The van der Waals surface area contributed by atoms with Crippen LogP contribution in [0.15, 0.2) is 36.4 Å². The van der Waals surface area contributed by atoms with E-state index in [0.717, 1.165) is 0 Å². The number of benzene rings is 2. The van der Waals surface area contributed by atoms with Gasteiger partial charge >= 0.3 is 0 Å². The van der Waals surface area contributed by atoms with Gasteiger partial charge in [0, 0.05) is 17.8 Å². The molecule has 2 N–H and O–H groups in total. The summed E-state index contributed by atoms with van der Waals surface area (Å²) < 4.78 is 13.1. The van der Waals surface area contributed by atoms with Gasteiger partial charge in [0.2, 0.25) is 0 Å². The molecule has 0 aliphatic carbocycles. The van der Waals surface area contributed by atoms with Crippen molar-refractivity contribution in [2.75, 3.05) is 10.6 Å². The number of rotatable bonds is 3. The highest BCUT2D eigenvalue weighted by atomic mass is 35.5. The molecule has 0 saturated heterocycles. The molecule has 9 heteroatoms. The number of anilines is 2. The lowest BCUT2D eigenvalue weighted by atomic mass is 10.3. The Morgan fingerprint density at radius 2 is 1.86 bits per heavy atom. The van der Waals surface area contributed by atoms with Gasteiger partial charge in [-0.15, -0.1) is 0 Å². The number of thiocarbonyl (C=S) groups is 1. The van der Waals surface area contributed by atoms with Crippen LogP contribution in [0.2, 0.25) is 10.0 Å². The van der Waals surface area contributed by atoms with E-state index >= 15 is 0 Å². The lowest BCUT2D eigenvalue weighted by Crippen LogP contribution is -2.19. The highest BCUT2D eigenvalue weighted by Gasteiger charge is 2.11. The second-order valence-corrected chi connectivity index (χ2v) is 5.35. The fourth-order valence-corrected chi connectivity index (χ4v) is 2.15. The fourth-order valence-electron chi connectivity index (χ4n) is 1.58. The van der Waals surface area contributed by atoms with Crippen molar-refractivity contribution in [2.24, 2.45) is 0 Å². The minimum atomic E-state index is -0.548. The molecule has 0 aliphatic heterocycles. The van der Waals surface area contributed by atoms with Crippen molar-refractivity contribution in [1.29, 1.82) is 0 Å². The zero-order valence-corrected chi connectivity index (χ0v) is 13.1. The molecule has 0 saturated carbocycles. The first-order valence-electron chi connectivity index (χ1n) is 5.84. The van der Waals surface area contributed by atoms with Crippen molar-refractivity contribution < 1.29 is 9.31 Å². The van der Waals surface area contributed by atoms with Crippen LogP contribution < -0.4 is 10.6 Å². The lowest BCUT2D eigenvalue weighted by Gasteiger charge is -2.12. The summed E-state index contributed by atoms with van der Waals surface area (Å²) in [6.45, 7) is 0. The lowest BCUT2D eigenvalue weighted by molar-refractivity contribution is -0.384. The zero-order valence-electron chi connectivity index (χ0n) is 10.8. The van der Waals surface area contributed by atoms with Gasteiger partial charge in [-0.3, -0.25) is 10.1 Å². The van der Waals surface area contributed by atoms with E-state index in [1.165, 1.54) is 36.4 Å². The van der Waals surface area contributed by atoms with Crippen LogP contribution in [-0.2, 0) is 0 Å². The van der Waals surface area contributed by atoms with Crippen LogP contribution in [0.3, 0.4) is 0 Å². The topological polar surface area (TPSA) is 67.2 Å². The van der Waals surface area contributed by atoms with Crippen molar-refractivity contribution in [3.63, 3.8) is 0 Å². The van der Waals surface area contributed by atoms with Crippen LogP contribution in [-0.4, -0.2) is 10.0 Å². The van der Waals surface area contributed by atoms with Crippen molar-refractivity contribution >= 4 is 57.6 Å². The molecule has 0 spiro atoms. The Kier molecular flexibility index (Phi) is 5.12. The number of nitrogens with one attached hydrogen (secondary N) is 2. The minimum Gasteiger partial charge on any atom is -0.332 e. The van der Waals surface area contributed by atoms with E-state index in [-0.39, 0.29) is 26.5 Å². The Balaban J connectivity index is 2.13. The molecule has 0 amide bonds. The molecule has 0 radical (unpaired) electrons. The molecular formula is C13H8Cl2FN3O2S. The first-order valence-corrected chi connectivity index (χ1v) is 7.00. The van der Waals surface area contributed by atoms with Crippen LogP contribution in [0.25, 0.3) is 0 Å². The molecule has 114 valence electrons. The summed E-state index contributed by atoms with van der Waals surface area (Å²) in [5.74, 6) is -0.548. The van der Waals surface area contributed by atoms with Crippen LogP contribution in [0.1, 0.15) is 0 Å². The SMILES string of the molecule is O=[N+]([O-])c1ccc(Cl)c(NC(=S)Nc2ccc(F)c(Cl)c2)c1. The molecule has 0 heterocycles. The van der Waals surface area contributed by atoms with E-state index < -0.39 is 10.7 Å². The third-order valence-corrected chi connectivity index (χ3v) is 3.41. The van der Waals surface area contributed by atoms with Gasteiger partial charge in [0.05, 0.1) is 20.7 Å². The smallest absolute Gasteiger partial charge is 0.271 e. The Morgan fingerprint density at radius 1 is 1.14 bits per heavy atom. The molecule has 0 unspecified atom stereocenters. The summed E-state index contributed by atoms with van der Waals surface area (Å²) in [6.07, 6.45) is 0. The Labute approximate surface area is 140 Å². The monoisotopic (exact) mass is 359 g/mol. The second-order valence-electron chi connectivity index (χ2n) is 4.13. The van der Waals surface area contributed by atoms with E-state index in [1.807, 2.05) is 0 Å². The predicted molar refractivity (Wildman–Crippen MR) is 89.4 cm³/mol. The molecule has 5 nitrogen and oxygen atoms in total. The fraction of sp³-hybridized carbons (Fsp3) is 0. The van der Waals surface area contributed by atoms with E-state index in [9.17, 15) is 14.5 Å². The second kappa shape index (κ2) is 6.87. The van der Waals surface area contributed by atoms with Gasteiger partial charge in [0.25, 0.3) is 5.69 Å². The average molecular weight is 360 g/mol. The molecule has 0 aliphatic rings. The number of hydrogen-bond acceptors (Lipinski definition) is 3. The van der Waals surface area contributed by atoms with Gasteiger partial charge in [0.1, 0.15) is 5.82 Å². The highest BCUT2D eigenvalue weighted by molar-refractivity contribution is 7.80. The average Bonchev–Trinajstić information content (AvgIpc) is 2.45. The van der Waals surface area contributed by atoms with E-state index in [4.69, 9.17) is 35.4 Å². The molecule has 2 aromatic carbocycles. The summed E-state index contributed by atoms with van der Waals surface area (Å²) in [5, 5.41) is 16.6. The van der Waals surface area contributed by atoms with E-state index in [0.29, 0.717) is 5.69 Å². The highest BCUT2D eigenvalue weighted by Crippen LogP contribution is 2.27. The number of nitro groups is 1. The van der Waals surface area contributed by atoms with Crippen molar-refractivity contribution in [1.82, 2.24) is 0 Å². The van der Waals surface area contributed by atoms with Crippen molar-refractivity contribution in [3.8, 4) is 0 Å². The maximum Gasteiger partial charge on any atom is 0.271 e. The quantitative estimate of drug-likeness (QED) is 0.465. The molecule has 0 fully saturated rings. The summed E-state index contributed by atoms with van der Waals surface area (Å²) in [7, 11) is 0. The number of nitrogens with zero attached hydrogens (tertiary/aromatic N) is 1. The van der Waals surface area contributed by atoms with Crippen LogP contribution in [0.4, 0.5) is 21.5 Å².